The third-order valence-electron chi connectivity index (χ3n) is 1.18. The van der Waals surface area contributed by atoms with Gasteiger partial charge in [0.25, 0.3) is 0 Å². The second-order valence-corrected chi connectivity index (χ2v) is 13.6. The Hall–Kier alpha value is 0.620. The van der Waals surface area contributed by atoms with E-state index in [1.165, 1.54) is 0 Å². The predicted molar refractivity (Wildman–Crippen MR) is 70.7 cm³/mol. The van der Waals surface area contributed by atoms with E-state index in [1.54, 1.807) is 0 Å². The summed E-state index contributed by atoms with van der Waals surface area (Å²) in [6, 6.07) is 0. The van der Waals surface area contributed by atoms with E-state index >= 15 is 0 Å². The standard InChI is InChI=1S/C2H6O7P2.CH6O6P2S/c1-9-11(7,8)2(3)10(4,5)6;1-7-9(5,6)10-8(2,3)4/h1H3,(H,7,8)(H2,4,5,6);1H3,(H,5,6)(H2,2,3,4). The summed E-state index contributed by atoms with van der Waals surface area (Å²) in [5.74, 6) is 0. The molecular weight excluding hydrogens is 400 g/mol. The van der Waals surface area contributed by atoms with Crippen LogP contribution < -0.4 is 0 Å². The smallest absolute Gasteiger partial charge is 0.319 e. The van der Waals surface area contributed by atoms with Gasteiger partial charge in [0.15, 0.2) is 0 Å². The van der Waals surface area contributed by atoms with E-state index in [-0.39, 0.29) is 11.0 Å². The van der Waals surface area contributed by atoms with Crippen molar-refractivity contribution in [2.45, 2.75) is 0 Å². The normalized spacial score (nSPS) is 17.9. The van der Waals surface area contributed by atoms with Gasteiger partial charge in [-0.05, 0) is 0 Å². The summed E-state index contributed by atoms with van der Waals surface area (Å²) in [6.45, 7) is -8.67. The lowest BCUT2D eigenvalue weighted by Crippen LogP contribution is -1.99. The number of rotatable bonds is 6. The second kappa shape index (κ2) is 8.47. The van der Waals surface area contributed by atoms with Crippen LogP contribution in [-0.4, -0.2) is 48.8 Å². The molecule has 0 aromatic heterocycles. The topological polar surface area (TPSA) is 225 Å². The van der Waals surface area contributed by atoms with E-state index in [0.717, 1.165) is 7.11 Å². The summed E-state index contributed by atoms with van der Waals surface area (Å²) in [5.41, 5.74) is 0. The zero-order valence-electron chi connectivity index (χ0n) is 10.2. The predicted octanol–water partition coefficient (Wildman–Crippen LogP) is 0.675. The molecule has 18 heteroatoms. The van der Waals surface area contributed by atoms with Gasteiger partial charge in [0.1, 0.15) is 0 Å². The first kappa shape index (κ1) is 23.9. The number of hydrogen-bond donors (Lipinski definition) is 6. The Morgan fingerprint density at radius 3 is 1.33 bits per heavy atom. The average Bonchev–Trinajstić information content (AvgIpc) is 2.24. The number of hydrogen-bond acceptors (Lipinski definition) is 8. The van der Waals surface area contributed by atoms with Crippen LogP contribution in [0.5, 0.6) is 0 Å². The Balaban J connectivity index is 0. The molecule has 128 valence electrons. The van der Waals surface area contributed by atoms with E-state index in [2.05, 4.69) is 9.05 Å². The van der Waals surface area contributed by atoms with Crippen LogP contribution in [0.25, 0.3) is 0 Å². The first-order valence-corrected chi connectivity index (χ1v) is 12.5. The van der Waals surface area contributed by atoms with Crippen LogP contribution in [0.4, 0.5) is 4.79 Å². The van der Waals surface area contributed by atoms with Crippen molar-refractivity contribution in [3.05, 3.63) is 0 Å². The van der Waals surface area contributed by atoms with Gasteiger partial charge >= 0.3 is 34.1 Å². The van der Waals surface area contributed by atoms with Crippen LogP contribution in [0.2, 0.25) is 0 Å². The Labute approximate surface area is 121 Å². The molecule has 0 radical (unpaired) electrons. The molecule has 0 aliphatic heterocycles. The molecule has 0 fully saturated rings. The Kier molecular flexibility index (Phi) is 9.63. The third-order valence-corrected chi connectivity index (χ3v) is 10.6. The second-order valence-electron chi connectivity index (χ2n) is 2.75. The highest BCUT2D eigenvalue weighted by atomic mass is 33.1. The minimum Gasteiger partial charge on any atom is -0.319 e. The lowest BCUT2D eigenvalue weighted by molar-refractivity contribution is 0.250. The molecule has 0 aliphatic carbocycles. The monoisotopic (exact) mass is 412 g/mol. The average molecular weight is 412 g/mol. The minimum atomic E-state index is -5.17. The fraction of sp³-hybridized carbons (Fsp3) is 0.667. The number of carbonyl (C=O) groups is 1. The van der Waals surface area contributed by atoms with Crippen LogP contribution in [0.15, 0.2) is 0 Å². The van der Waals surface area contributed by atoms with Gasteiger partial charge in [0, 0.05) is 14.2 Å². The molecule has 0 heterocycles. The van der Waals surface area contributed by atoms with Crippen molar-refractivity contribution in [3.8, 4) is 0 Å². The van der Waals surface area contributed by atoms with E-state index in [1.807, 2.05) is 0 Å². The van der Waals surface area contributed by atoms with Gasteiger partial charge in [-0.1, -0.05) is 0 Å². The summed E-state index contributed by atoms with van der Waals surface area (Å²) in [4.78, 5) is 59.7. The van der Waals surface area contributed by atoms with Crippen LogP contribution in [-0.2, 0) is 27.3 Å². The molecule has 0 saturated carbocycles. The zero-order chi connectivity index (χ0) is 17.7. The van der Waals surface area contributed by atoms with Crippen molar-refractivity contribution in [1.29, 1.82) is 0 Å². The molecule has 21 heavy (non-hydrogen) atoms. The van der Waals surface area contributed by atoms with Crippen LogP contribution in [0, 0.1) is 0 Å². The molecule has 0 aliphatic rings. The van der Waals surface area contributed by atoms with Crippen molar-refractivity contribution >= 4 is 45.1 Å². The molecule has 0 aromatic carbocycles. The highest BCUT2D eigenvalue weighted by molar-refractivity contribution is 8.84. The molecule has 2 unspecified atom stereocenters. The summed E-state index contributed by atoms with van der Waals surface area (Å²) in [7, 11) is -8.36. The van der Waals surface area contributed by atoms with Gasteiger partial charge in [-0.25, -0.2) is 9.13 Å². The molecular formula is C3H12O13P4S. The Bertz CT molecular complexity index is 542. The van der Waals surface area contributed by atoms with Gasteiger partial charge in [-0.3, -0.25) is 13.9 Å². The minimum absolute atomic E-state index is 0.385. The summed E-state index contributed by atoms with van der Waals surface area (Å²) < 4.78 is 48.5. The van der Waals surface area contributed by atoms with Crippen molar-refractivity contribution in [2.24, 2.45) is 0 Å². The highest BCUT2D eigenvalue weighted by Crippen LogP contribution is 2.72. The molecule has 13 nitrogen and oxygen atoms in total. The molecule has 6 N–H and O–H groups in total. The Morgan fingerprint density at radius 1 is 0.857 bits per heavy atom. The van der Waals surface area contributed by atoms with Gasteiger partial charge in [-0.2, -0.15) is 0 Å². The fourth-order valence-corrected chi connectivity index (χ4v) is 6.49. The fourth-order valence-electron chi connectivity index (χ4n) is 0.410. The molecule has 0 amide bonds. The first-order chi connectivity index (χ1) is 8.98. The van der Waals surface area contributed by atoms with Crippen LogP contribution in [0.3, 0.4) is 0 Å². The molecule has 2 atom stereocenters. The van der Waals surface area contributed by atoms with Gasteiger partial charge in [0.05, 0.1) is 11.0 Å². The van der Waals surface area contributed by atoms with Gasteiger partial charge in [0.2, 0.25) is 0 Å². The lowest BCUT2D eigenvalue weighted by Gasteiger charge is -2.06. The zero-order valence-corrected chi connectivity index (χ0v) is 14.6. The molecule has 0 aromatic rings. The van der Waals surface area contributed by atoms with Gasteiger partial charge in [-0.15, -0.1) is 0 Å². The SMILES string of the molecule is COP(=O)(O)C(=O)P(=O)(O)O.COP(=O)(O)SP(=O)(O)O. The Morgan fingerprint density at radius 2 is 1.24 bits per heavy atom. The van der Waals surface area contributed by atoms with Crippen molar-refractivity contribution < 1.29 is 61.5 Å². The van der Waals surface area contributed by atoms with Gasteiger partial charge < -0.3 is 38.4 Å². The largest absolute Gasteiger partial charge is 0.406 e. The quantitative estimate of drug-likeness (QED) is 0.330. The highest BCUT2D eigenvalue weighted by Gasteiger charge is 2.43. The molecule has 0 saturated heterocycles. The van der Waals surface area contributed by atoms with Crippen molar-refractivity contribution in [2.75, 3.05) is 14.2 Å². The summed E-state index contributed by atoms with van der Waals surface area (Å²) in [5, 5.41) is -2.09. The van der Waals surface area contributed by atoms with E-state index in [4.69, 9.17) is 29.4 Å². The number of carbonyl (C=O) groups excluding carboxylic acids is 1. The van der Waals surface area contributed by atoms with Crippen LogP contribution in [0.1, 0.15) is 0 Å². The van der Waals surface area contributed by atoms with E-state index < -0.39 is 34.1 Å². The molecule has 0 bridgehead atoms. The maximum atomic E-state index is 10.4. The molecule has 0 rings (SSSR count). The van der Waals surface area contributed by atoms with E-state index in [0.29, 0.717) is 7.11 Å². The summed E-state index contributed by atoms with van der Waals surface area (Å²) in [6.07, 6.45) is 0. The lowest BCUT2D eigenvalue weighted by atomic mass is 11.8. The van der Waals surface area contributed by atoms with Crippen LogP contribution >= 0.6 is 39.8 Å². The summed E-state index contributed by atoms with van der Waals surface area (Å²) >= 11 is -0.385. The molecule has 0 spiro atoms. The van der Waals surface area contributed by atoms with E-state index in [9.17, 15) is 23.1 Å². The van der Waals surface area contributed by atoms with Crippen molar-refractivity contribution in [3.63, 3.8) is 0 Å². The maximum absolute atomic E-state index is 10.4. The maximum Gasteiger partial charge on any atom is 0.406 e. The first-order valence-electron chi connectivity index (χ1n) is 4.13. The third kappa shape index (κ3) is 11.8. The van der Waals surface area contributed by atoms with Crippen molar-refractivity contribution in [1.82, 2.24) is 0 Å².